The Labute approximate surface area is 87.8 Å². The molecule has 5 nitrogen and oxygen atoms in total. The molecule has 5 heteroatoms. The SMILES string of the molecule is O=C(c1cnccn1)N1CCC(O)CC1. The third kappa shape index (κ3) is 2.30. The van der Waals surface area contributed by atoms with Crippen molar-refractivity contribution < 1.29 is 9.90 Å². The molecule has 1 aromatic rings. The highest BCUT2D eigenvalue weighted by Gasteiger charge is 2.22. The van der Waals surface area contributed by atoms with Crippen LogP contribution in [-0.2, 0) is 0 Å². The fourth-order valence-corrected chi connectivity index (χ4v) is 1.64. The number of nitrogens with zero attached hydrogens (tertiary/aromatic N) is 3. The van der Waals surface area contributed by atoms with Crippen molar-refractivity contribution in [2.75, 3.05) is 13.1 Å². The lowest BCUT2D eigenvalue weighted by Gasteiger charge is -2.29. The standard InChI is InChI=1S/C10H13N3O2/c14-8-1-5-13(6-2-8)10(15)9-7-11-3-4-12-9/h3-4,7-8,14H,1-2,5-6H2. The van der Waals surface area contributed by atoms with Crippen LogP contribution in [-0.4, -0.2) is 45.1 Å². The maximum Gasteiger partial charge on any atom is 0.274 e. The van der Waals surface area contributed by atoms with Crippen molar-refractivity contribution in [3.05, 3.63) is 24.3 Å². The Balaban J connectivity index is 2.03. The number of rotatable bonds is 1. The highest BCUT2D eigenvalue weighted by atomic mass is 16.3. The van der Waals surface area contributed by atoms with E-state index in [0.717, 1.165) is 0 Å². The lowest BCUT2D eigenvalue weighted by atomic mass is 10.1. The van der Waals surface area contributed by atoms with Crippen LogP contribution in [0.3, 0.4) is 0 Å². The smallest absolute Gasteiger partial charge is 0.274 e. The molecule has 0 aliphatic carbocycles. The maximum absolute atomic E-state index is 11.8. The molecule has 0 spiro atoms. The molecule has 0 saturated carbocycles. The van der Waals surface area contributed by atoms with Crippen molar-refractivity contribution in [3.63, 3.8) is 0 Å². The predicted molar refractivity (Wildman–Crippen MR) is 53.2 cm³/mol. The summed E-state index contributed by atoms with van der Waals surface area (Å²) in [5, 5.41) is 9.31. The first-order valence-corrected chi connectivity index (χ1v) is 5.01. The van der Waals surface area contributed by atoms with Gasteiger partial charge in [-0.1, -0.05) is 0 Å². The molecule has 0 bridgehead atoms. The zero-order valence-electron chi connectivity index (χ0n) is 8.33. The van der Waals surface area contributed by atoms with Crippen LogP contribution in [0.2, 0.25) is 0 Å². The zero-order chi connectivity index (χ0) is 10.7. The first kappa shape index (κ1) is 10.0. The topological polar surface area (TPSA) is 66.3 Å². The minimum absolute atomic E-state index is 0.102. The van der Waals surface area contributed by atoms with E-state index in [1.807, 2.05) is 0 Å². The van der Waals surface area contributed by atoms with Gasteiger partial charge in [0.1, 0.15) is 5.69 Å². The van der Waals surface area contributed by atoms with Crippen LogP contribution in [0.1, 0.15) is 23.3 Å². The van der Waals surface area contributed by atoms with Crippen LogP contribution < -0.4 is 0 Å². The molecular weight excluding hydrogens is 194 g/mol. The van der Waals surface area contributed by atoms with E-state index in [0.29, 0.717) is 31.6 Å². The molecular formula is C10H13N3O2. The summed E-state index contributed by atoms with van der Waals surface area (Å²) in [5.74, 6) is -0.102. The molecule has 80 valence electrons. The third-order valence-corrected chi connectivity index (χ3v) is 2.53. The van der Waals surface area contributed by atoms with Gasteiger partial charge in [-0.25, -0.2) is 4.98 Å². The second-order valence-electron chi connectivity index (χ2n) is 3.61. The average Bonchev–Trinajstić information content (AvgIpc) is 2.30. The van der Waals surface area contributed by atoms with Gasteiger partial charge in [0.2, 0.25) is 0 Å². The Bertz CT molecular complexity index is 334. The van der Waals surface area contributed by atoms with Gasteiger partial charge in [0.05, 0.1) is 12.3 Å². The quantitative estimate of drug-likeness (QED) is 0.708. The van der Waals surface area contributed by atoms with Crippen molar-refractivity contribution in [1.29, 1.82) is 0 Å². The van der Waals surface area contributed by atoms with Crippen LogP contribution in [0, 0.1) is 0 Å². The van der Waals surface area contributed by atoms with E-state index < -0.39 is 0 Å². The summed E-state index contributed by atoms with van der Waals surface area (Å²) in [5.41, 5.74) is 0.369. The first-order chi connectivity index (χ1) is 7.27. The largest absolute Gasteiger partial charge is 0.393 e. The van der Waals surface area contributed by atoms with Crippen molar-refractivity contribution in [3.8, 4) is 0 Å². The molecule has 1 aliphatic rings. The van der Waals surface area contributed by atoms with Crippen LogP contribution in [0.5, 0.6) is 0 Å². The summed E-state index contributed by atoms with van der Waals surface area (Å²) in [7, 11) is 0. The molecule has 15 heavy (non-hydrogen) atoms. The van der Waals surface area contributed by atoms with E-state index in [2.05, 4.69) is 9.97 Å². The molecule has 1 saturated heterocycles. The minimum Gasteiger partial charge on any atom is -0.393 e. The summed E-state index contributed by atoms with van der Waals surface area (Å²) >= 11 is 0. The summed E-state index contributed by atoms with van der Waals surface area (Å²) in [6.07, 6.45) is 5.53. The number of hydrogen-bond donors (Lipinski definition) is 1. The number of aromatic nitrogens is 2. The molecule has 0 radical (unpaired) electrons. The molecule has 2 rings (SSSR count). The van der Waals surface area contributed by atoms with E-state index in [9.17, 15) is 9.90 Å². The summed E-state index contributed by atoms with van der Waals surface area (Å²) < 4.78 is 0. The van der Waals surface area contributed by atoms with Crippen LogP contribution in [0.25, 0.3) is 0 Å². The van der Waals surface area contributed by atoms with Crippen molar-refractivity contribution >= 4 is 5.91 Å². The van der Waals surface area contributed by atoms with Crippen LogP contribution in [0.15, 0.2) is 18.6 Å². The number of carbonyl (C=O) groups excluding carboxylic acids is 1. The van der Waals surface area contributed by atoms with E-state index in [4.69, 9.17) is 0 Å². The fourth-order valence-electron chi connectivity index (χ4n) is 1.64. The molecule has 0 unspecified atom stereocenters. The average molecular weight is 207 g/mol. The number of aliphatic hydroxyl groups excluding tert-OH is 1. The van der Waals surface area contributed by atoms with E-state index in [1.165, 1.54) is 18.6 Å². The first-order valence-electron chi connectivity index (χ1n) is 5.01. The predicted octanol–water partition coefficient (Wildman–Crippen LogP) is 0.0735. The van der Waals surface area contributed by atoms with Gasteiger partial charge in [0, 0.05) is 25.5 Å². The number of piperidine rings is 1. The molecule has 1 amide bonds. The van der Waals surface area contributed by atoms with Crippen molar-refractivity contribution in [2.45, 2.75) is 18.9 Å². The molecule has 2 heterocycles. The Morgan fingerprint density at radius 2 is 2.13 bits per heavy atom. The second kappa shape index (κ2) is 4.35. The highest BCUT2D eigenvalue weighted by molar-refractivity contribution is 5.91. The summed E-state index contributed by atoms with van der Waals surface area (Å²) in [4.78, 5) is 21.4. The molecule has 0 aromatic carbocycles. The van der Waals surface area contributed by atoms with Crippen molar-refractivity contribution in [1.82, 2.24) is 14.9 Å². The molecule has 1 fully saturated rings. The Hall–Kier alpha value is -1.49. The van der Waals surface area contributed by atoms with Gasteiger partial charge in [-0.05, 0) is 12.8 Å². The summed E-state index contributed by atoms with van der Waals surface area (Å²) in [6.45, 7) is 1.19. The van der Waals surface area contributed by atoms with Gasteiger partial charge >= 0.3 is 0 Å². The molecule has 1 aromatic heterocycles. The van der Waals surface area contributed by atoms with E-state index in [1.54, 1.807) is 4.90 Å². The van der Waals surface area contributed by atoms with Crippen molar-refractivity contribution in [2.24, 2.45) is 0 Å². The lowest BCUT2D eigenvalue weighted by molar-refractivity contribution is 0.0541. The van der Waals surface area contributed by atoms with Gasteiger partial charge in [0.15, 0.2) is 0 Å². The van der Waals surface area contributed by atoms with Crippen LogP contribution in [0.4, 0.5) is 0 Å². The normalized spacial score (nSPS) is 17.8. The highest BCUT2D eigenvalue weighted by Crippen LogP contribution is 2.12. The van der Waals surface area contributed by atoms with Crippen LogP contribution >= 0.6 is 0 Å². The number of carbonyl (C=O) groups is 1. The van der Waals surface area contributed by atoms with Gasteiger partial charge in [-0.3, -0.25) is 9.78 Å². The molecule has 1 aliphatic heterocycles. The summed E-state index contributed by atoms with van der Waals surface area (Å²) in [6, 6.07) is 0. The number of amides is 1. The van der Waals surface area contributed by atoms with E-state index >= 15 is 0 Å². The Kier molecular flexibility index (Phi) is 2.91. The lowest BCUT2D eigenvalue weighted by Crippen LogP contribution is -2.40. The molecule has 0 atom stereocenters. The maximum atomic E-state index is 11.8. The van der Waals surface area contributed by atoms with E-state index in [-0.39, 0.29) is 12.0 Å². The number of likely N-dealkylation sites (tertiary alicyclic amines) is 1. The fraction of sp³-hybridized carbons (Fsp3) is 0.500. The third-order valence-electron chi connectivity index (χ3n) is 2.53. The van der Waals surface area contributed by atoms with Gasteiger partial charge in [0.25, 0.3) is 5.91 Å². The monoisotopic (exact) mass is 207 g/mol. The Morgan fingerprint density at radius 3 is 2.73 bits per heavy atom. The van der Waals surface area contributed by atoms with Gasteiger partial charge in [-0.15, -0.1) is 0 Å². The van der Waals surface area contributed by atoms with Gasteiger partial charge in [-0.2, -0.15) is 0 Å². The molecule has 1 N–H and O–H groups in total. The number of hydrogen-bond acceptors (Lipinski definition) is 4. The minimum atomic E-state index is -0.268. The zero-order valence-corrected chi connectivity index (χ0v) is 8.33. The van der Waals surface area contributed by atoms with Gasteiger partial charge < -0.3 is 10.0 Å². The second-order valence-corrected chi connectivity index (χ2v) is 3.61. The Morgan fingerprint density at radius 1 is 1.40 bits per heavy atom. The number of aliphatic hydroxyl groups is 1.